The normalized spacial score (nSPS) is 24.7. The van der Waals surface area contributed by atoms with E-state index in [-0.39, 0.29) is 0 Å². The first-order chi connectivity index (χ1) is 5.63. The van der Waals surface area contributed by atoms with Crippen molar-refractivity contribution in [2.45, 2.75) is 26.8 Å². The molecular formula is C10H19NO. The summed E-state index contributed by atoms with van der Waals surface area (Å²) in [6.07, 6.45) is 0. The van der Waals surface area contributed by atoms with E-state index in [1.165, 1.54) is 5.70 Å². The van der Waals surface area contributed by atoms with Gasteiger partial charge in [0.25, 0.3) is 0 Å². The third kappa shape index (κ3) is 2.01. The lowest BCUT2D eigenvalue weighted by Gasteiger charge is -2.37. The molecule has 0 aromatic carbocycles. The maximum Gasteiger partial charge on any atom is 0.0668 e. The molecule has 0 aromatic heterocycles. The highest BCUT2D eigenvalue weighted by atomic mass is 16.5. The summed E-state index contributed by atoms with van der Waals surface area (Å²) in [6.45, 7) is 13.3. The minimum Gasteiger partial charge on any atom is -0.377 e. The van der Waals surface area contributed by atoms with Crippen molar-refractivity contribution in [1.29, 1.82) is 0 Å². The van der Waals surface area contributed by atoms with Gasteiger partial charge in [-0.25, -0.2) is 0 Å². The quantitative estimate of drug-likeness (QED) is 0.626. The molecule has 0 N–H and O–H groups in total. The topological polar surface area (TPSA) is 12.5 Å². The Kier molecular flexibility index (Phi) is 3.15. The highest BCUT2D eigenvalue weighted by Gasteiger charge is 2.20. The Bertz CT molecular complexity index is 165. The molecule has 2 heteroatoms. The molecule has 1 heterocycles. The van der Waals surface area contributed by atoms with Crippen LogP contribution in [0.4, 0.5) is 0 Å². The van der Waals surface area contributed by atoms with Crippen molar-refractivity contribution < 1.29 is 4.74 Å². The molecule has 0 amide bonds. The molecule has 0 saturated carbocycles. The zero-order chi connectivity index (χ0) is 9.14. The van der Waals surface area contributed by atoms with Gasteiger partial charge in [-0.1, -0.05) is 20.4 Å². The highest BCUT2D eigenvalue weighted by Crippen LogP contribution is 2.18. The number of nitrogens with zero attached hydrogens (tertiary/aromatic N) is 1. The summed E-state index contributed by atoms with van der Waals surface area (Å²) in [5, 5.41) is 0. The Morgan fingerprint density at radius 1 is 1.58 bits per heavy atom. The summed E-state index contributed by atoms with van der Waals surface area (Å²) < 4.78 is 5.36. The second kappa shape index (κ2) is 3.94. The van der Waals surface area contributed by atoms with Gasteiger partial charge in [0.05, 0.1) is 13.2 Å². The first-order valence-electron chi connectivity index (χ1n) is 4.66. The molecule has 12 heavy (non-hydrogen) atoms. The first-order valence-corrected chi connectivity index (χ1v) is 4.66. The van der Waals surface area contributed by atoms with E-state index >= 15 is 0 Å². The van der Waals surface area contributed by atoms with Crippen molar-refractivity contribution in [1.82, 2.24) is 4.90 Å². The zero-order valence-corrected chi connectivity index (χ0v) is 8.34. The van der Waals surface area contributed by atoms with Crippen LogP contribution in [0.3, 0.4) is 0 Å². The molecule has 1 aliphatic heterocycles. The van der Waals surface area contributed by atoms with Gasteiger partial charge in [-0.05, 0) is 12.8 Å². The molecule has 0 radical (unpaired) electrons. The predicted octanol–water partition coefficient (Wildman–Crippen LogP) is 1.88. The van der Waals surface area contributed by atoms with E-state index in [2.05, 4.69) is 32.3 Å². The Morgan fingerprint density at radius 2 is 2.25 bits per heavy atom. The molecule has 1 atom stereocenters. The molecule has 0 bridgehead atoms. The van der Waals surface area contributed by atoms with Gasteiger partial charge < -0.3 is 9.64 Å². The van der Waals surface area contributed by atoms with Gasteiger partial charge in [0.1, 0.15) is 0 Å². The maximum absolute atomic E-state index is 5.36. The molecule has 1 fully saturated rings. The first kappa shape index (κ1) is 9.59. The van der Waals surface area contributed by atoms with Gasteiger partial charge in [-0.2, -0.15) is 0 Å². The molecule has 1 aliphatic rings. The zero-order valence-electron chi connectivity index (χ0n) is 8.34. The van der Waals surface area contributed by atoms with E-state index in [4.69, 9.17) is 4.74 Å². The van der Waals surface area contributed by atoms with Crippen LogP contribution in [0.15, 0.2) is 12.3 Å². The van der Waals surface area contributed by atoms with Crippen LogP contribution >= 0.6 is 0 Å². The average Bonchev–Trinajstić information content (AvgIpc) is 2.04. The van der Waals surface area contributed by atoms with Crippen molar-refractivity contribution in [3.63, 3.8) is 0 Å². The van der Waals surface area contributed by atoms with E-state index in [1.807, 2.05) is 0 Å². The SMILES string of the molecule is C=C(C(C)C)N1CCOC[C@H]1C. The number of hydrogen-bond acceptors (Lipinski definition) is 2. The minimum atomic E-state index is 0.494. The van der Waals surface area contributed by atoms with Gasteiger partial charge in [0, 0.05) is 18.3 Å². The lowest BCUT2D eigenvalue weighted by Crippen LogP contribution is -2.43. The second-order valence-electron chi connectivity index (χ2n) is 3.76. The van der Waals surface area contributed by atoms with Crippen LogP contribution in [0.2, 0.25) is 0 Å². The van der Waals surface area contributed by atoms with E-state index in [0.29, 0.717) is 12.0 Å². The molecule has 1 rings (SSSR count). The van der Waals surface area contributed by atoms with Crippen molar-refractivity contribution in [3.05, 3.63) is 12.3 Å². The van der Waals surface area contributed by atoms with Crippen molar-refractivity contribution in [2.24, 2.45) is 5.92 Å². The Hall–Kier alpha value is -0.500. The lowest BCUT2D eigenvalue weighted by molar-refractivity contribution is 0.0130. The van der Waals surface area contributed by atoms with E-state index in [1.54, 1.807) is 0 Å². The molecule has 0 unspecified atom stereocenters. The molecule has 1 saturated heterocycles. The molecular weight excluding hydrogens is 150 g/mol. The van der Waals surface area contributed by atoms with Crippen molar-refractivity contribution in [2.75, 3.05) is 19.8 Å². The average molecular weight is 169 g/mol. The van der Waals surface area contributed by atoms with Gasteiger partial charge in [0.2, 0.25) is 0 Å². The van der Waals surface area contributed by atoms with Gasteiger partial charge >= 0.3 is 0 Å². The molecule has 70 valence electrons. The number of hydrogen-bond donors (Lipinski definition) is 0. The second-order valence-corrected chi connectivity index (χ2v) is 3.76. The predicted molar refractivity (Wildman–Crippen MR) is 51.0 cm³/mol. The number of rotatable bonds is 2. The summed E-state index contributed by atoms with van der Waals surface area (Å²) in [6, 6.07) is 0.494. The fourth-order valence-electron chi connectivity index (χ4n) is 1.49. The van der Waals surface area contributed by atoms with E-state index in [9.17, 15) is 0 Å². The summed E-state index contributed by atoms with van der Waals surface area (Å²) in [5.41, 5.74) is 1.24. The molecule has 0 spiro atoms. The largest absolute Gasteiger partial charge is 0.377 e. The van der Waals surface area contributed by atoms with Crippen LogP contribution in [-0.2, 0) is 4.74 Å². The summed E-state index contributed by atoms with van der Waals surface area (Å²) in [7, 11) is 0. The molecule has 0 aliphatic carbocycles. The van der Waals surface area contributed by atoms with Crippen molar-refractivity contribution >= 4 is 0 Å². The number of morpholine rings is 1. The fourth-order valence-corrected chi connectivity index (χ4v) is 1.49. The summed E-state index contributed by atoms with van der Waals surface area (Å²) >= 11 is 0. The summed E-state index contributed by atoms with van der Waals surface area (Å²) in [4.78, 5) is 2.36. The minimum absolute atomic E-state index is 0.494. The van der Waals surface area contributed by atoms with Crippen LogP contribution in [0.5, 0.6) is 0 Å². The Morgan fingerprint density at radius 3 is 2.75 bits per heavy atom. The maximum atomic E-state index is 5.36. The summed E-state index contributed by atoms with van der Waals surface area (Å²) in [5.74, 6) is 0.547. The number of ether oxygens (including phenoxy) is 1. The Labute approximate surface area is 75.2 Å². The molecule has 0 aromatic rings. The van der Waals surface area contributed by atoms with Crippen LogP contribution in [-0.4, -0.2) is 30.7 Å². The highest BCUT2D eigenvalue weighted by molar-refractivity contribution is 4.99. The standard InChI is InChI=1S/C10H19NO/c1-8(2)10(4)11-5-6-12-7-9(11)3/h8-9H,4-7H2,1-3H3/t9-/m1/s1. The Balaban J connectivity index is 2.53. The van der Waals surface area contributed by atoms with Crippen molar-refractivity contribution in [3.8, 4) is 0 Å². The van der Waals surface area contributed by atoms with Gasteiger partial charge in [-0.15, -0.1) is 0 Å². The lowest BCUT2D eigenvalue weighted by atomic mass is 10.1. The van der Waals surface area contributed by atoms with E-state index < -0.39 is 0 Å². The van der Waals surface area contributed by atoms with Gasteiger partial charge in [0.15, 0.2) is 0 Å². The molecule has 2 nitrogen and oxygen atoms in total. The smallest absolute Gasteiger partial charge is 0.0668 e. The fraction of sp³-hybridized carbons (Fsp3) is 0.800. The van der Waals surface area contributed by atoms with E-state index in [0.717, 1.165) is 19.8 Å². The number of allylic oxidation sites excluding steroid dienone is 1. The van der Waals surface area contributed by atoms with Gasteiger partial charge in [-0.3, -0.25) is 0 Å². The third-order valence-electron chi connectivity index (χ3n) is 2.40. The van der Waals surface area contributed by atoms with Crippen LogP contribution in [0.1, 0.15) is 20.8 Å². The monoisotopic (exact) mass is 169 g/mol. The van der Waals surface area contributed by atoms with Crippen LogP contribution in [0, 0.1) is 5.92 Å². The van der Waals surface area contributed by atoms with Crippen LogP contribution in [0.25, 0.3) is 0 Å². The third-order valence-corrected chi connectivity index (χ3v) is 2.40. The van der Waals surface area contributed by atoms with Crippen LogP contribution < -0.4 is 0 Å².